The average molecular weight is 269 g/mol. The first-order valence-electron chi connectivity index (χ1n) is 8.61. The van der Waals surface area contributed by atoms with Crippen LogP contribution in [0.4, 0.5) is 0 Å². The van der Waals surface area contributed by atoms with E-state index in [1.807, 2.05) is 0 Å². The predicted octanol–water partition coefficient (Wildman–Crippen LogP) is 4.53. The highest BCUT2D eigenvalue weighted by molar-refractivity contribution is 4.73. The van der Waals surface area contributed by atoms with E-state index in [2.05, 4.69) is 26.1 Å². The first-order chi connectivity index (χ1) is 9.26. The van der Waals surface area contributed by atoms with Crippen molar-refractivity contribution in [1.82, 2.24) is 5.32 Å². The molecule has 2 heteroatoms. The number of hydrogen-bond donors (Lipinski definition) is 1. The summed E-state index contributed by atoms with van der Waals surface area (Å²) in [5, 5.41) is 3.68. The Bertz CT molecular complexity index is 201. The molecule has 0 radical (unpaired) electrons. The lowest BCUT2D eigenvalue weighted by atomic mass is 9.95. The summed E-state index contributed by atoms with van der Waals surface area (Å²) in [6.45, 7) is 8.74. The maximum absolute atomic E-state index is 6.02. The number of hydrogen-bond acceptors (Lipinski definition) is 2. The molecule has 0 saturated heterocycles. The molecule has 2 atom stereocenters. The van der Waals surface area contributed by atoms with E-state index in [4.69, 9.17) is 4.74 Å². The molecule has 0 amide bonds. The maximum Gasteiger partial charge on any atom is 0.0671 e. The normalized spacial score (nSPS) is 20.4. The molecule has 114 valence electrons. The molecule has 0 bridgehead atoms. The van der Waals surface area contributed by atoms with Crippen LogP contribution >= 0.6 is 0 Å². The van der Waals surface area contributed by atoms with Gasteiger partial charge in [-0.3, -0.25) is 0 Å². The lowest BCUT2D eigenvalue weighted by molar-refractivity contribution is 0.0347. The van der Waals surface area contributed by atoms with E-state index in [1.165, 1.54) is 57.8 Å². The third kappa shape index (κ3) is 7.94. The number of rotatable bonds is 10. The van der Waals surface area contributed by atoms with Crippen LogP contribution in [0.5, 0.6) is 0 Å². The first-order valence-corrected chi connectivity index (χ1v) is 8.61. The van der Waals surface area contributed by atoms with Crippen molar-refractivity contribution in [2.45, 2.75) is 90.7 Å². The van der Waals surface area contributed by atoms with E-state index in [-0.39, 0.29) is 0 Å². The predicted molar refractivity (Wildman–Crippen MR) is 83.6 cm³/mol. The second kappa shape index (κ2) is 10.7. The second-order valence-electron chi connectivity index (χ2n) is 6.30. The highest BCUT2D eigenvalue weighted by atomic mass is 16.5. The molecule has 2 nitrogen and oxygen atoms in total. The molecular formula is C17H35NO. The van der Waals surface area contributed by atoms with E-state index >= 15 is 0 Å². The Balaban J connectivity index is 2.06. The molecule has 1 fully saturated rings. The van der Waals surface area contributed by atoms with Crippen LogP contribution in [0.1, 0.15) is 78.6 Å². The summed E-state index contributed by atoms with van der Waals surface area (Å²) >= 11 is 0. The summed E-state index contributed by atoms with van der Waals surface area (Å²) in [6, 6.07) is 0.752. The van der Waals surface area contributed by atoms with Crippen LogP contribution in [-0.4, -0.2) is 25.3 Å². The minimum absolute atomic E-state index is 0.359. The minimum atomic E-state index is 0.359. The van der Waals surface area contributed by atoms with Gasteiger partial charge in [-0.15, -0.1) is 0 Å². The summed E-state index contributed by atoms with van der Waals surface area (Å²) in [4.78, 5) is 0. The largest absolute Gasteiger partial charge is 0.377 e. The van der Waals surface area contributed by atoms with Crippen molar-refractivity contribution in [3.8, 4) is 0 Å². The van der Waals surface area contributed by atoms with Gasteiger partial charge in [0.2, 0.25) is 0 Å². The van der Waals surface area contributed by atoms with E-state index < -0.39 is 0 Å². The SMILES string of the molecule is CCCCC(CC)COC(C)CNC1CCCCC1. The Morgan fingerprint density at radius 1 is 1.16 bits per heavy atom. The van der Waals surface area contributed by atoms with Gasteiger partial charge in [-0.05, 0) is 32.1 Å². The molecule has 1 saturated carbocycles. The van der Waals surface area contributed by atoms with Crippen LogP contribution in [0.15, 0.2) is 0 Å². The van der Waals surface area contributed by atoms with Crippen molar-refractivity contribution in [3.05, 3.63) is 0 Å². The fourth-order valence-corrected chi connectivity index (χ4v) is 2.90. The van der Waals surface area contributed by atoms with Gasteiger partial charge >= 0.3 is 0 Å². The number of nitrogens with one attached hydrogen (secondary N) is 1. The Labute approximate surface area is 120 Å². The van der Waals surface area contributed by atoms with Gasteiger partial charge in [0.1, 0.15) is 0 Å². The Kier molecular flexibility index (Phi) is 9.54. The van der Waals surface area contributed by atoms with Crippen LogP contribution in [-0.2, 0) is 4.74 Å². The smallest absolute Gasteiger partial charge is 0.0671 e. The third-order valence-electron chi connectivity index (χ3n) is 4.46. The summed E-state index contributed by atoms with van der Waals surface area (Å²) in [5.74, 6) is 0.761. The third-order valence-corrected chi connectivity index (χ3v) is 4.46. The molecule has 1 rings (SSSR count). The fourth-order valence-electron chi connectivity index (χ4n) is 2.90. The maximum atomic E-state index is 6.02. The Hall–Kier alpha value is -0.0800. The minimum Gasteiger partial charge on any atom is -0.377 e. The molecule has 1 N–H and O–H groups in total. The van der Waals surface area contributed by atoms with Gasteiger partial charge in [0.05, 0.1) is 6.10 Å². The van der Waals surface area contributed by atoms with E-state index in [0.717, 1.165) is 25.1 Å². The monoisotopic (exact) mass is 269 g/mol. The van der Waals surface area contributed by atoms with Crippen LogP contribution in [0.3, 0.4) is 0 Å². The zero-order chi connectivity index (χ0) is 13.9. The van der Waals surface area contributed by atoms with Gasteiger partial charge in [0.15, 0.2) is 0 Å². The highest BCUT2D eigenvalue weighted by Gasteiger charge is 2.14. The zero-order valence-electron chi connectivity index (χ0n) is 13.4. The summed E-state index contributed by atoms with van der Waals surface area (Å²) in [5.41, 5.74) is 0. The molecule has 19 heavy (non-hydrogen) atoms. The van der Waals surface area contributed by atoms with Crippen molar-refractivity contribution < 1.29 is 4.74 Å². The summed E-state index contributed by atoms with van der Waals surface area (Å²) in [6.07, 6.45) is 12.5. The lowest BCUT2D eigenvalue weighted by Crippen LogP contribution is -2.37. The molecule has 1 aliphatic rings. The molecule has 0 aromatic rings. The molecular weight excluding hydrogens is 234 g/mol. The van der Waals surface area contributed by atoms with E-state index in [0.29, 0.717) is 6.10 Å². The van der Waals surface area contributed by atoms with Crippen molar-refractivity contribution >= 4 is 0 Å². The summed E-state index contributed by atoms with van der Waals surface area (Å²) in [7, 11) is 0. The Morgan fingerprint density at radius 2 is 1.89 bits per heavy atom. The number of ether oxygens (including phenoxy) is 1. The molecule has 0 aromatic carbocycles. The zero-order valence-corrected chi connectivity index (χ0v) is 13.4. The molecule has 2 unspecified atom stereocenters. The number of unbranched alkanes of at least 4 members (excludes halogenated alkanes) is 1. The van der Waals surface area contributed by atoms with Crippen LogP contribution in [0, 0.1) is 5.92 Å². The highest BCUT2D eigenvalue weighted by Crippen LogP contribution is 2.17. The molecule has 1 aliphatic carbocycles. The standard InChI is InChI=1S/C17H35NO/c1-4-6-10-16(5-2)14-19-15(3)13-18-17-11-8-7-9-12-17/h15-18H,4-14H2,1-3H3. The van der Waals surface area contributed by atoms with E-state index in [1.54, 1.807) is 0 Å². The van der Waals surface area contributed by atoms with Gasteiger partial charge in [-0.25, -0.2) is 0 Å². The van der Waals surface area contributed by atoms with E-state index in [9.17, 15) is 0 Å². The molecule has 0 heterocycles. The van der Waals surface area contributed by atoms with Crippen molar-refractivity contribution in [3.63, 3.8) is 0 Å². The quantitative estimate of drug-likeness (QED) is 0.629. The summed E-state index contributed by atoms with van der Waals surface area (Å²) < 4.78 is 6.02. The van der Waals surface area contributed by atoms with Gasteiger partial charge in [-0.2, -0.15) is 0 Å². The van der Waals surface area contributed by atoms with Gasteiger partial charge in [0, 0.05) is 19.2 Å². The van der Waals surface area contributed by atoms with Gasteiger partial charge in [0.25, 0.3) is 0 Å². The van der Waals surface area contributed by atoms with Crippen molar-refractivity contribution in [2.75, 3.05) is 13.2 Å². The molecule has 0 spiro atoms. The first kappa shape index (κ1) is 17.0. The molecule has 0 aliphatic heterocycles. The van der Waals surface area contributed by atoms with Gasteiger partial charge < -0.3 is 10.1 Å². The van der Waals surface area contributed by atoms with Crippen LogP contribution in [0.2, 0.25) is 0 Å². The lowest BCUT2D eigenvalue weighted by Gasteiger charge is -2.25. The molecule has 0 aromatic heterocycles. The van der Waals surface area contributed by atoms with Crippen molar-refractivity contribution in [1.29, 1.82) is 0 Å². The van der Waals surface area contributed by atoms with Crippen molar-refractivity contribution in [2.24, 2.45) is 5.92 Å². The average Bonchev–Trinajstić information content (AvgIpc) is 2.46. The topological polar surface area (TPSA) is 21.3 Å². The Morgan fingerprint density at radius 3 is 2.53 bits per heavy atom. The second-order valence-corrected chi connectivity index (χ2v) is 6.30. The van der Waals surface area contributed by atoms with Crippen LogP contribution < -0.4 is 5.32 Å². The van der Waals surface area contributed by atoms with Crippen LogP contribution in [0.25, 0.3) is 0 Å². The van der Waals surface area contributed by atoms with Gasteiger partial charge in [-0.1, -0.05) is 52.4 Å². The fraction of sp³-hybridized carbons (Fsp3) is 1.00.